The Morgan fingerprint density at radius 1 is 1.00 bits per heavy atom. The summed E-state index contributed by atoms with van der Waals surface area (Å²) in [6.45, 7) is 0. The van der Waals surface area contributed by atoms with Crippen LogP contribution >= 0.6 is 0 Å². The zero-order valence-corrected chi connectivity index (χ0v) is 18.2. The van der Waals surface area contributed by atoms with Crippen molar-refractivity contribution in [2.24, 2.45) is 0 Å². The highest BCUT2D eigenvalue weighted by atomic mass is 19.4. The maximum absolute atomic E-state index is 13.5. The Morgan fingerprint density at radius 2 is 1.79 bits per heavy atom. The average Bonchev–Trinajstić information content (AvgIpc) is 3.34. The molecule has 1 amide bonds. The summed E-state index contributed by atoms with van der Waals surface area (Å²) in [5, 5.41) is 3.11. The minimum absolute atomic E-state index is 0.0850. The Labute approximate surface area is 195 Å². The van der Waals surface area contributed by atoms with Crippen LogP contribution in [0, 0.1) is 0 Å². The van der Waals surface area contributed by atoms with Gasteiger partial charge >= 0.3 is 6.18 Å². The van der Waals surface area contributed by atoms with Gasteiger partial charge in [-0.25, -0.2) is 4.98 Å². The molecule has 0 spiro atoms. The lowest BCUT2D eigenvalue weighted by Crippen LogP contribution is -2.32. The predicted molar refractivity (Wildman–Crippen MR) is 124 cm³/mol. The largest absolute Gasteiger partial charge is 0.417 e. The SMILES string of the molecule is O=C(N[C@@H]1CCCc2ccccc21)c1cncn1-c1cccc(-c2ccccc2C(F)(F)F)c1. The lowest BCUT2D eigenvalue weighted by atomic mass is 9.87. The highest BCUT2D eigenvalue weighted by Crippen LogP contribution is 2.37. The third-order valence-electron chi connectivity index (χ3n) is 6.21. The summed E-state index contributed by atoms with van der Waals surface area (Å²) >= 11 is 0. The number of hydrogen-bond acceptors (Lipinski definition) is 2. The number of nitrogens with zero attached hydrogens (tertiary/aromatic N) is 2. The lowest BCUT2D eigenvalue weighted by molar-refractivity contribution is -0.137. The van der Waals surface area contributed by atoms with Crippen molar-refractivity contribution in [2.75, 3.05) is 0 Å². The molecule has 1 aliphatic rings. The molecule has 4 nitrogen and oxygen atoms in total. The van der Waals surface area contributed by atoms with Crippen LogP contribution in [0.3, 0.4) is 0 Å². The fourth-order valence-corrected chi connectivity index (χ4v) is 4.61. The molecule has 1 atom stereocenters. The van der Waals surface area contributed by atoms with E-state index in [1.54, 1.807) is 34.9 Å². The number of carbonyl (C=O) groups excluding carboxylic acids is 1. The van der Waals surface area contributed by atoms with E-state index in [0.717, 1.165) is 30.9 Å². The molecule has 0 unspecified atom stereocenters. The Kier molecular flexibility index (Phi) is 5.69. The molecule has 5 rings (SSSR count). The van der Waals surface area contributed by atoms with Crippen LogP contribution in [0.15, 0.2) is 85.3 Å². The van der Waals surface area contributed by atoms with Gasteiger partial charge < -0.3 is 5.32 Å². The van der Waals surface area contributed by atoms with Gasteiger partial charge in [0.05, 0.1) is 24.1 Å². The second-order valence-electron chi connectivity index (χ2n) is 8.36. The van der Waals surface area contributed by atoms with Gasteiger partial charge in [0, 0.05) is 5.69 Å². The zero-order chi connectivity index (χ0) is 23.7. The maximum Gasteiger partial charge on any atom is 0.417 e. The van der Waals surface area contributed by atoms with Crippen LogP contribution in [0.4, 0.5) is 13.2 Å². The van der Waals surface area contributed by atoms with Crippen LogP contribution in [-0.4, -0.2) is 15.5 Å². The number of nitrogens with one attached hydrogen (secondary N) is 1. The van der Waals surface area contributed by atoms with Gasteiger partial charge in [0.2, 0.25) is 0 Å². The maximum atomic E-state index is 13.5. The molecule has 0 saturated carbocycles. The summed E-state index contributed by atoms with van der Waals surface area (Å²) in [6, 6.07) is 20.2. The molecule has 3 aromatic carbocycles. The molecule has 7 heteroatoms. The Bertz CT molecular complexity index is 1340. The van der Waals surface area contributed by atoms with Gasteiger partial charge in [-0.1, -0.05) is 54.6 Å². The number of imidazole rings is 1. The fraction of sp³-hybridized carbons (Fsp3) is 0.185. The van der Waals surface area contributed by atoms with Crippen molar-refractivity contribution in [3.05, 3.63) is 108 Å². The normalized spacial score (nSPS) is 15.6. The third kappa shape index (κ3) is 4.21. The Morgan fingerprint density at radius 3 is 2.65 bits per heavy atom. The summed E-state index contributed by atoms with van der Waals surface area (Å²) in [5.74, 6) is -0.278. The molecule has 172 valence electrons. The number of carbonyl (C=O) groups is 1. The first kappa shape index (κ1) is 21.9. The molecular weight excluding hydrogens is 439 g/mol. The van der Waals surface area contributed by atoms with Gasteiger partial charge in [0.1, 0.15) is 5.69 Å². The van der Waals surface area contributed by atoms with Crippen molar-refractivity contribution in [2.45, 2.75) is 31.5 Å². The fourth-order valence-electron chi connectivity index (χ4n) is 4.61. The molecule has 0 bridgehead atoms. The average molecular weight is 461 g/mol. The monoisotopic (exact) mass is 461 g/mol. The second kappa shape index (κ2) is 8.82. The second-order valence-corrected chi connectivity index (χ2v) is 8.36. The van der Waals surface area contributed by atoms with E-state index in [-0.39, 0.29) is 17.5 Å². The van der Waals surface area contributed by atoms with Crippen molar-refractivity contribution >= 4 is 5.91 Å². The summed E-state index contributed by atoms with van der Waals surface area (Å²) < 4.78 is 42.2. The van der Waals surface area contributed by atoms with Crippen LogP contribution in [0.1, 0.15) is 46.1 Å². The predicted octanol–water partition coefficient (Wildman–Crippen LogP) is 6.37. The van der Waals surface area contributed by atoms with Crippen LogP contribution in [0.25, 0.3) is 16.8 Å². The molecule has 0 saturated heterocycles. The number of aryl methyl sites for hydroxylation is 1. The van der Waals surface area contributed by atoms with E-state index in [0.29, 0.717) is 16.9 Å². The molecule has 0 radical (unpaired) electrons. The quantitative estimate of drug-likeness (QED) is 0.384. The number of aromatic nitrogens is 2. The molecular formula is C27H22F3N3O. The van der Waals surface area contributed by atoms with E-state index in [1.165, 1.54) is 30.2 Å². The molecule has 1 aromatic heterocycles. The number of rotatable bonds is 4. The highest BCUT2D eigenvalue weighted by Gasteiger charge is 2.33. The number of fused-ring (bicyclic) bond motifs is 1. The summed E-state index contributed by atoms with van der Waals surface area (Å²) in [6.07, 6.45) is 1.33. The molecule has 1 heterocycles. The lowest BCUT2D eigenvalue weighted by Gasteiger charge is -2.26. The minimum atomic E-state index is -4.47. The van der Waals surface area contributed by atoms with Gasteiger partial charge in [0.25, 0.3) is 5.91 Å². The van der Waals surface area contributed by atoms with Crippen molar-refractivity contribution in [3.63, 3.8) is 0 Å². The van der Waals surface area contributed by atoms with Gasteiger partial charge in [-0.15, -0.1) is 0 Å². The van der Waals surface area contributed by atoms with E-state index in [9.17, 15) is 18.0 Å². The first-order valence-corrected chi connectivity index (χ1v) is 11.1. The molecule has 0 fully saturated rings. The third-order valence-corrected chi connectivity index (χ3v) is 6.21. The molecule has 4 aromatic rings. The highest BCUT2D eigenvalue weighted by molar-refractivity contribution is 5.93. The summed E-state index contributed by atoms with van der Waals surface area (Å²) in [4.78, 5) is 17.3. The van der Waals surface area contributed by atoms with Crippen LogP contribution in [-0.2, 0) is 12.6 Å². The van der Waals surface area contributed by atoms with Crippen molar-refractivity contribution in [1.82, 2.24) is 14.9 Å². The van der Waals surface area contributed by atoms with Crippen LogP contribution < -0.4 is 5.32 Å². The van der Waals surface area contributed by atoms with Crippen molar-refractivity contribution in [1.29, 1.82) is 0 Å². The van der Waals surface area contributed by atoms with Gasteiger partial charge in [0.15, 0.2) is 0 Å². The van der Waals surface area contributed by atoms with Crippen LogP contribution in [0.5, 0.6) is 0 Å². The number of alkyl halides is 3. The molecule has 1 N–H and O–H groups in total. The van der Waals surface area contributed by atoms with E-state index in [1.807, 2.05) is 18.2 Å². The number of hydrogen-bond donors (Lipinski definition) is 1. The summed E-state index contributed by atoms with van der Waals surface area (Å²) in [7, 11) is 0. The van der Waals surface area contributed by atoms with E-state index in [2.05, 4.69) is 16.4 Å². The Hall–Kier alpha value is -3.87. The zero-order valence-electron chi connectivity index (χ0n) is 18.2. The van der Waals surface area contributed by atoms with E-state index in [4.69, 9.17) is 0 Å². The first-order chi connectivity index (χ1) is 16.4. The van der Waals surface area contributed by atoms with Gasteiger partial charge in [-0.3, -0.25) is 9.36 Å². The van der Waals surface area contributed by atoms with Crippen LogP contribution in [0.2, 0.25) is 0 Å². The van der Waals surface area contributed by atoms with Gasteiger partial charge in [-0.2, -0.15) is 13.2 Å². The number of benzene rings is 3. The molecule has 0 aliphatic heterocycles. The van der Waals surface area contributed by atoms with Crippen molar-refractivity contribution < 1.29 is 18.0 Å². The topological polar surface area (TPSA) is 46.9 Å². The molecule has 1 aliphatic carbocycles. The minimum Gasteiger partial charge on any atom is -0.344 e. The number of amides is 1. The smallest absolute Gasteiger partial charge is 0.344 e. The van der Waals surface area contributed by atoms with Gasteiger partial charge in [-0.05, 0) is 59.7 Å². The number of halogens is 3. The summed E-state index contributed by atoms with van der Waals surface area (Å²) in [5.41, 5.74) is 3.04. The first-order valence-electron chi connectivity index (χ1n) is 11.1. The molecule has 34 heavy (non-hydrogen) atoms. The Balaban J connectivity index is 1.46. The van der Waals surface area contributed by atoms with E-state index >= 15 is 0 Å². The van der Waals surface area contributed by atoms with E-state index < -0.39 is 11.7 Å². The standard InChI is InChI=1S/C27H22F3N3O/c28-27(29,30)23-13-4-3-11-21(23)19-9-5-10-20(15-19)33-17-31-16-25(33)26(34)32-24-14-6-8-18-7-1-2-12-22(18)24/h1-5,7,9-13,15-17,24H,6,8,14H2,(H,32,34)/t24-/m1/s1. The van der Waals surface area contributed by atoms with Crippen molar-refractivity contribution in [3.8, 4) is 16.8 Å².